The predicted octanol–water partition coefficient (Wildman–Crippen LogP) is 6.31. The lowest BCUT2D eigenvalue weighted by Crippen LogP contribution is -2.41. The molecule has 1 fully saturated rings. The fourth-order valence-corrected chi connectivity index (χ4v) is 5.05. The third-order valence-electron chi connectivity index (χ3n) is 6.19. The van der Waals surface area contributed by atoms with Gasteiger partial charge in [-0.15, -0.1) is 0 Å². The lowest BCUT2D eigenvalue weighted by molar-refractivity contribution is -0.143. The fourth-order valence-electron chi connectivity index (χ4n) is 4.54. The molecule has 34 heavy (non-hydrogen) atoms. The molecule has 0 radical (unpaired) electrons. The first-order valence-electron chi connectivity index (χ1n) is 11.7. The molecular weight excluding hydrogens is 494 g/mol. The number of nitrogens with zero attached hydrogens (tertiary/aromatic N) is 1. The topological polar surface area (TPSA) is 59.0 Å². The third-order valence-corrected chi connectivity index (χ3v) is 6.91. The summed E-state index contributed by atoms with van der Waals surface area (Å²) in [5.41, 5.74) is 3.25. The number of benzene rings is 3. The van der Waals surface area contributed by atoms with Crippen LogP contribution in [0.5, 0.6) is 11.5 Å². The van der Waals surface area contributed by atoms with Gasteiger partial charge in [-0.25, -0.2) is 0 Å². The van der Waals surface area contributed by atoms with Crippen LogP contribution in [0, 0.1) is 5.92 Å². The third kappa shape index (κ3) is 5.80. The average molecular weight is 524 g/mol. The van der Waals surface area contributed by atoms with E-state index in [9.17, 15) is 9.90 Å². The Hall–Kier alpha value is -2.83. The second kappa shape index (κ2) is 11.5. The van der Waals surface area contributed by atoms with E-state index >= 15 is 0 Å². The van der Waals surface area contributed by atoms with Crippen molar-refractivity contribution in [2.24, 2.45) is 5.92 Å². The zero-order valence-electron chi connectivity index (χ0n) is 19.3. The highest BCUT2D eigenvalue weighted by atomic mass is 79.9. The van der Waals surface area contributed by atoms with Crippen LogP contribution < -0.4 is 9.47 Å². The number of halogens is 1. The predicted molar refractivity (Wildman–Crippen MR) is 136 cm³/mol. The second-order valence-electron chi connectivity index (χ2n) is 8.51. The van der Waals surface area contributed by atoms with E-state index in [4.69, 9.17) is 9.47 Å². The van der Waals surface area contributed by atoms with Crippen molar-refractivity contribution >= 4 is 21.9 Å². The lowest BCUT2D eigenvalue weighted by Gasteiger charge is -2.38. The van der Waals surface area contributed by atoms with Gasteiger partial charge in [0, 0.05) is 11.0 Å². The number of piperidine rings is 1. The minimum absolute atomic E-state index is 0.0971. The van der Waals surface area contributed by atoms with Gasteiger partial charge in [0.1, 0.15) is 6.61 Å². The second-order valence-corrected chi connectivity index (χ2v) is 9.36. The van der Waals surface area contributed by atoms with Gasteiger partial charge in [-0.3, -0.25) is 9.69 Å². The van der Waals surface area contributed by atoms with Crippen LogP contribution in [0.2, 0.25) is 0 Å². The molecule has 2 unspecified atom stereocenters. The van der Waals surface area contributed by atoms with Crippen molar-refractivity contribution < 1.29 is 19.4 Å². The van der Waals surface area contributed by atoms with Crippen molar-refractivity contribution in [3.8, 4) is 11.5 Å². The zero-order valence-corrected chi connectivity index (χ0v) is 20.9. The molecule has 1 N–H and O–H groups in total. The van der Waals surface area contributed by atoms with E-state index in [-0.39, 0.29) is 12.0 Å². The molecule has 3 aromatic carbocycles. The van der Waals surface area contributed by atoms with Gasteiger partial charge in [-0.05, 0) is 61.2 Å². The lowest BCUT2D eigenvalue weighted by atomic mass is 9.91. The molecule has 1 aliphatic heterocycles. The molecule has 0 aromatic heterocycles. The quantitative estimate of drug-likeness (QED) is 0.356. The first kappa shape index (κ1) is 24.3. The van der Waals surface area contributed by atoms with Crippen LogP contribution in [0.3, 0.4) is 0 Å². The molecule has 1 aliphatic rings. The molecule has 0 spiro atoms. The highest BCUT2D eigenvalue weighted by molar-refractivity contribution is 9.10. The Morgan fingerprint density at radius 2 is 1.82 bits per heavy atom. The number of hydrogen-bond acceptors (Lipinski definition) is 4. The number of rotatable bonds is 9. The SMILES string of the molecule is CCOc1cc(C(c2ccccc2Br)N2CCCC(C(=O)O)C2)ccc1OCc1ccccc1. The molecule has 0 saturated carbocycles. The van der Waals surface area contributed by atoms with Gasteiger partial charge in [-0.2, -0.15) is 0 Å². The summed E-state index contributed by atoms with van der Waals surface area (Å²) in [6, 6.07) is 24.2. The molecular formula is C28H30BrNO4. The van der Waals surface area contributed by atoms with Gasteiger partial charge in [0.05, 0.1) is 18.6 Å². The molecule has 178 valence electrons. The van der Waals surface area contributed by atoms with E-state index < -0.39 is 5.97 Å². The Morgan fingerprint density at radius 1 is 1.06 bits per heavy atom. The van der Waals surface area contributed by atoms with Crippen molar-refractivity contribution in [1.29, 1.82) is 0 Å². The van der Waals surface area contributed by atoms with Gasteiger partial charge in [0.15, 0.2) is 11.5 Å². The van der Waals surface area contributed by atoms with Crippen LogP contribution in [-0.4, -0.2) is 35.7 Å². The number of ether oxygens (including phenoxy) is 2. The summed E-state index contributed by atoms with van der Waals surface area (Å²) in [6.45, 7) is 4.29. The van der Waals surface area contributed by atoms with Crippen molar-refractivity contribution in [2.75, 3.05) is 19.7 Å². The van der Waals surface area contributed by atoms with Crippen LogP contribution in [0.25, 0.3) is 0 Å². The van der Waals surface area contributed by atoms with E-state index in [1.807, 2.05) is 67.6 Å². The van der Waals surface area contributed by atoms with Crippen molar-refractivity contribution in [3.05, 3.63) is 94.0 Å². The molecule has 3 aromatic rings. The summed E-state index contributed by atoms with van der Waals surface area (Å²) in [5.74, 6) is 0.302. The Morgan fingerprint density at radius 3 is 2.56 bits per heavy atom. The van der Waals surface area contributed by atoms with Gasteiger partial charge in [0.25, 0.3) is 0 Å². The Labute approximate surface area is 209 Å². The fraction of sp³-hybridized carbons (Fsp3) is 0.321. The summed E-state index contributed by atoms with van der Waals surface area (Å²) < 4.78 is 13.1. The number of carbonyl (C=O) groups is 1. The monoisotopic (exact) mass is 523 g/mol. The number of carboxylic acid groups (broad SMARTS) is 1. The first-order valence-corrected chi connectivity index (χ1v) is 12.5. The summed E-state index contributed by atoms with van der Waals surface area (Å²) in [7, 11) is 0. The van der Waals surface area contributed by atoms with Crippen LogP contribution >= 0.6 is 15.9 Å². The molecule has 0 aliphatic carbocycles. The minimum atomic E-state index is -0.727. The van der Waals surface area contributed by atoms with Gasteiger partial charge >= 0.3 is 5.97 Å². The van der Waals surface area contributed by atoms with Gasteiger partial charge in [-0.1, -0.05) is 70.5 Å². The maximum atomic E-state index is 11.8. The highest BCUT2D eigenvalue weighted by Crippen LogP contribution is 2.39. The zero-order chi connectivity index (χ0) is 23.9. The largest absolute Gasteiger partial charge is 0.490 e. The van der Waals surface area contributed by atoms with E-state index in [1.54, 1.807) is 0 Å². The van der Waals surface area contributed by atoms with Crippen molar-refractivity contribution in [2.45, 2.75) is 32.4 Å². The minimum Gasteiger partial charge on any atom is -0.490 e. The Kier molecular flexibility index (Phi) is 8.25. The number of likely N-dealkylation sites (tertiary alicyclic amines) is 1. The number of carboxylic acids is 1. The van der Waals surface area contributed by atoms with Gasteiger partial charge in [0.2, 0.25) is 0 Å². The molecule has 2 atom stereocenters. The molecule has 4 rings (SSSR count). The van der Waals surface area contributed by atoms with Crippen LogP contribution in [0.1, 0.15) is 42.5 Å². The van der Waals surface area contributed by atoms with Crippen molar-refractivity contribution in [1.82, 2.24) is 4.90 Å². The maximum Gasteiger partial charge on any atom is 0.307 e. The molecule has 0 amide bonds. The maximum absolute atomic E-state index is 11.8. The summed E-state index contributed by atoms with van der Waals surface area (Å²) in [5, 5.41) is 9.66. The molecule has 0 bridgehead atoms. The van der Waals surface area contributed by atoms with E-state index in [1.165, 1.54) is 0 Å². The molecule has 5 nitrogen and oxygen atoms in total. The first-order chi connectivity index (χ1) is 16.6. The van der Waals surface area contributed by atoms with Crippen LogP contribution in [0.4, 0.5) is 0 Å². The highest BCUT2D eigenvalue weighted by Gasteiger charge is 2.32. The summed E-state index contributed by atoms with van der Waals surface area (Å²) in [4.78, 5) is 14.0. The normalized spacial score (nSPS) is 17.2. The van der Waals surface area contributed by atoms with E-state index in [0.29, 0.717) is 37.7 Å². The number of aliphatic carboxylic acids is 1. The summed E-state index contributed by atoms with van der Waals surface area (Å²) >= 11 is 3.72. The number of hydrogen-bond donors (Lipinski definition) is 1. The van der Waals surface area contributed by atoms with Gasteiger partial charge < -0.3 is 14.6 Å². The Bertz CT molecular complexity index is 1100. The van der Waals surface area contributed by atoms with E-state index in [0.717, 1.165) is 34.1 Å². The smallest absolute Gasteiger partial charge is 0.307 e. The average Bonchev–Trinajstić information content (AvgIpc) is 2.86. The summed E-state index contributed by atoms with van der Waals surface area (Å²) in [6.07, 6.45) is 1.57. The van der Waals surface area contributed by atoms with E-state index in [2.05, 4.69) is 33.0 Å². The van der Waals surface area contributed by atoms with Crippen LogP contribution in [0.15, 0.2) is 77.3 Å². The standard InChI is InChI=1S/C28H30BrNO4/c1-2-33-26-17-21(14-15-25(26)34-19-20-9-4-3-5-10-20)27(23-12-6-7-13-24(23)29)30-16-8-11-22(18-30)28(31)32/h3-7,9-10,12-15,17,22,27H,2,8,11,16,18-19H2,1H3,(H,31,32). The molecule has 1 saturated heterocycles. The van der Waals surface area contributed by atoms with Crippen LogP contribution in [-0.2, 0) is 11.4 Å². The molecule has 1 heterocycles. The molecule has 6 heteroatoms. The van der Waals surface area contributed by atoms with Crippen molar-refractivity contribution in [3.63, 3.8) is 0 Å². The Balaban J connectivity index is 1.68.